The van der Waals surface area contributed by atoms with Crippen LogP contribution in [0.5, 0.6) is 0 Å². The first-order chi connectivity index (χ1) is 7.33. The molecule has 0 aromatic rings. The van der Waals surface area contributed by atoms with Crippen molar-refractivity contribution < 1.29 is 4.74 Å². The van der Waals surface area contributed by atoms with Gasteiger partial charge in [-0.3, -0.25) is 4.99 Å². The van der Waals surface area contributed by atoms with E-state index >= 15 is 0 Å². The van der Waals surface area contributed by atoms with E-state index in [1.807, 2.05) is 11.8 Å². The lowest BCUT2D eigenvalue weighted by Gasteiger charge is -2.06. The van der Waals surface area contributed by atoms with Crippen molar-refractivity contribution >= 4 is 16.9 Å². The highest BCUT2D eigenvalue weighted by Gasteiger charge is 2.13. The van der Waals surface area contributed by atoms with Gasteiger partial charge in [-0.1, -0.05) is 32.0 Å². The van der Waals surface area contributed by atoms with Crippen molar-refractivity contribution in [2.45, 2.75) is 38.4 Å². The van der Waals surface area contributed by atoms with E-state index in [0.29, 0.717) is 5.25 Å². The summed E-state index contributed by atoms with van der Waals surface area (Å²) in [5, 5.41) is 5.09. The molecule has 0 saturated heterocycles. The van der Waals surface area contributed by atoms with Crippen molar-refractivity contribution in [2.24, 2.45) is 4.99 Å². The Hall–Kier alpha value is -0.220. The number of nitrogens with one attached hydrogen (secondary N) is 1. The molecule has 0 aromatic carbocycles. The summed E-state index contributed by atoms with van der Waals surface area (Å²) in [5.41, 5.74) is 0. The summed E-state index contributed by atoms with van der Waals surface area (Å²) in [6.45, 7) is 8.09. The summed E-state index contributed by atoms with van der Waals surface area (Å²) < 4.78 is 5.47. The summed E-state index contributed by atoms with van der Waals surface area (Å²) in [6.07, 6.45) is 3.45. The molecule has 0 aromatic heterocycles. The van der Waals surface area contributed by atoms with Gasteiger partial charge in [0.2, 0.25) is 0 Å². The van der Waals surface area contributed by atoms with E-state index < -0.39 is 0 Å². The van der Waals surface area contributed by atoms with E-state index in [2.05, 4.69) is 24.2 Å². The highest BCUT2D eigenvalue weighted by molar-refractivity contribution is 8.14. The fourth-order valence-corrected chi connectivity index (χ4v) is 2.16. The zero-order chi connectivity index (χ0) is 10.9. The first kappa shape index (κ1) is 12.8. The van der Waals surface area contributed by atoms with Gasteiger partial charge in [-0.2, -0.15) is 0 Å². The quantitative estimate of drug-likeness (QED) is 0.681. The molecular weight excluding hydrogens is 208 g/mol. The molecule has 1 rings (SSSR count). The molecule has 0 bridgehead atoms. The summed E-state index contributed by atoms with van der Waals surface area (Å²) >= 11 is 1.84. The molecule has 1 atom stereocenters. The lowest BCUT2D eigenvalue weighted by molar-refractivity contribution is 0.129. The SMILES string of the molecule is CCCCOCCCNC1=NCC(C)S1. The van der Waals surface area contributed by atoms with Gasteiger partial charge < -0.3 is 10.1 Å². The molecule has 1 N–H and O–H groups in total. The number of ether oxygens (including phenoxy) is 1. The van der Waals surface area contributed by atoms with Crippen LogP contribution < -0.4 is 5.32 Å². The van der Waals surface area contributed by atoms with Crippen molar-refractivity contribution in [3.8, 4) is 0 Å². The molecule has 0 aliphatic carbocycles. The second kappa shape index (κ2) is 7.99. The van der Waals surface area contributed by atoms with E-state index in [-0.39, 0.29) is 0 Å². The van der Waals surface area contributed by atoms with Crippen LogP contribution in [-0.2, 0) is 4.74 Å². The first-order valence-corrected chi connectivity index (χ1v) is 6.73. The lowest BCUT2D eigenvalue weighted by Crippen LogP contribution is -2.21. The summed E-state index contributed by atoms with van der Waals surface area (Å²) in [6, 6.07) is 0. The molecule has 0 saturated carbocycles. The van der Waals surface area contributed by atoms with Crippen LogP contribution in [0.4, 0.5) is 0 Å². The highest BCUT2D eigenvalue weighted by atomic mass is 32.2. The topological polar surface area (TPSA) is 33.6 Å². The fourth-order valence-electron chi connectivity index (χ4n) is 1.29. The Balaban J connectivity index is 1.85. The molecule has 0 radical (unpaired) electrons. The van der Waals surface area contributed by atoms with Gasteiger partial charge in [-0.25, -0.2) is 0 Å². The first-order valence-electron chi connectivity index (χ1n) is 5.85. The zero-order valence-corrected chi connectivity index (χ0v) is 10.6. The molecule has 0 spiro atoms. The Morgan fingerprint density at radius 1 is 1.47 bits per heavy atom. The van der Waals surface area contributed by atoms with Gasteiger partial charge in [-0.05, 0) is 12.8 Å². The van der Waals surface area contributed by atoms with E-state index in [1.165, 1.54) is 12.8 Å². The second-order valence-electron chi connectivity index (χ2n) is 3.82. The van der Waals surface area contributed by atoms with E-state index in [0.717, 1.165) is 37.9 Å². The number of hydrogen-bond donors (Lipinski definition) is 1. The zero-order valence-electron chi connectivity index (χ0n) is 9.79. The third-order valence-corrected chi connectivity index (χ3v) is 3.24. The molecule has 0 amide bonds. The van der Waals surface area contributed by atoms with Crippen LogP contribution in [0, 0.1) is 0 Å². The van der Waals surface area contributed by atoms with Crippen molar-refractivity contribution in [1.29, 1.82) is 0 Å². The molecule has 15 heavy (non-hydrogen) atoms. The Kier molecular flexibility index (Phi) is 6.85. The average molecular weight is 230 g/mol. The molecule has 1 heterocycles. The van der Waals surface area contributed by atoms with E-state index in [1.54, 1.807) is 0 Å². The molecule has 4 heteroatoms. The molecule has 1 aliphatic rings. The third-order valence-electron chi connectivity index (χ3n) is 2.19. The van der Waals surface area contributed by atoms with Gasteiger partial charge in [0.15, 0.2) is 5.17 Å². The van der Waals surface area contributed by atoms with Crippen LogP contribution in [0.2, 0.25) is 0 Å². The molecule has 1 aliphatic heterocycles. The standard InChI is InChI=1S/C11H22N2OS/c1-3-4-7-14-8-5-6-12-11-13-9-10(2)15-11/h10H,3-9H2,1-2H3,(H,12,13). The van der Waals surface area contributed by atoms with Gasteiger partial charge in [0.1, 0.15) is 0 Å². The Labute approximate surface area is 97.1 Å². The maximum atomic E-state index is 5.47. The summed E-state index contributed by atoms with van der Waals surface area (Å²) in [4.78, 5) is 4.39. The third kappa shape index (κ3) is 6.05. The minimum atomic E-state index is 0.647. The summed E-state index contributed by atoms with van der Waals surface area (Å²) in [5.74, 6) is 0. The molecule has 1 unspecified atom stereocenters. The van der Waals surface area contributed by atoms with Crippen LogP contribution in [-0.4, -0.2) is 36.7 Å². The van der Waals surface area contributed by atoms with Crippen molar-refractivity contribution in [1.82, 2.24) is 5.32 Å². The van der Waals surface area contributed by atoms with Gasteiger partial charge in [0.25, 0.3) is 0 Å². The second-order valence-corrected chi connectivity index (χ2v) is 5.25. The van der Waals surface area contributed by atoms with Gasteiger partial charge in [-0.15, -0.1) is 0 Å². The van der Waals surface area contributed by atoms with Gasteiger partial charge in [0, 0.05) is 25.0 Å². The molecular formula is C11H22N2OS. The largest absolute Gasteiger partial charge is 0.381 e. The maximum Gasteiger partial charge on any atom is 0.156 e. The maximum absolute atomic E-state index is 5.47. The van der Waals surface area contributed by atoms with Gasteiger partial charge in [0.05, 0.1) is 6.54 Å². The normalized spacial score (nSPS) is 20.4. The van der Waals surface area contributed by atoms with Crippen LogP contribution >= 0.6 is 11.8 Å². The van der Waals surface area contributed by atoms with Crippen LogP contribution in [0.3, 0.4) is 0 Å². The predicted octanol–water partition coefficient (Wildman–Crippen LogP) is 2.27. The Morgan fingerprint density at radius 2 is 2.27 bits per heavy atom. The predicted molar refractivity (Wildman–Crippen MR) is 67.7 cm³/mol. The van der Waals surface area contributed by atoms with E-state index in [9.17, 15) is 0 Å². The number of nitrogens with zero attached hydrogens (tertiary/aromatic N) is 1. The Bertz CT molecular complexity index is 197. The number of amidine groups is 1. The smallest absolute Gasteiger partial charge is 0.156 e. The monoisotopic (exact) mass is 230 g/mol. The van der Waals surface area contributed by atoms with Gasteiger partial charge >= 0.3 is 0 Å². The van der Waals surface area contributed by atoms with Crippen LogP contribution in [0.25, 0.3) is 0 Å². The summed E-state index contributed by atoms with van der Waals surface area (Å²) in [7, 11) is 0. The lowest BCUT2D eigenvalue weighted by atomic mass is 10.4. The average Bonchev–Trinajstić information content (AvgIpc) is 2.63. The number of rotatable bonds is 7. The van der Waals surface area contributed by atoms with Crippen LogP contribution in [0.15, 0.2) is 4.99 Å². The van der Waals surface area contributed by atoms with Crippen molar-refractivity contribution in [3.63, 3.8) is 0 Å². The Morgan fingerprint density at radius 3 is 2.93 bits per heavy atom. The number of aliphatic imine (C=N–C) groups is 1. The minimum Gasteiger partial charge on any atom is -0.381 e. The molecule has 88 valence electrons. The number of unbranched alkanes of at least 4 members (excludes halogenated alkanes) is 1. The number of thioether (sulfide) groups is 1. The minimum absolute atomic E-state index is 0.647. The molecule has 0 fully saturated rings. The van der Waals surface area contributed by atoms with Crippen LogP contribution in [0.1, 0.15) is 33.1 Å². The highest BCUT2D eigenvalue weighted by Crippen LogP contribution is 2.18. The molecule has 3 nitrogen and oxygen atoms in total. The number of hydrogen-bond acceptors (Lipinski definition) is 4. The fraction of sp³-hybridized carbons (Fsp3) is 0.909. The van der Waals surface area contributed by atoms with E-state index in [4.69, 9.17) is 4.74 Å². The van der Waals surface area contributed by atoms with Crippen molar-refractivity contribution in [2.75, 3.05) is 26.3 Å². The van der Waals surface area contributed by atoms with Crippen molar-refractivity contribution in [3.05, 3.63) is 0 Å².